The molecule has 106 valence electrons. The number of ether oxygens (including phenoxy) is 1. The van der Waals surface area contributed by atoms with E-state index in [1.165, 1.54) is 6.07 Å². The van der Waals surface area contributed by atoms with Crippen LogP contribution in [-0.4, -0.2) is 12.4 Å². The van der Waals surface area contributed by atoms with Gasteiger partial charge in [0, 0.05) is 0 Å². The lowest BCUT2D eigenvalue weighted by molar-refractivity contribution is -0.137. The van der Waals surface area contributed by atoms with Crippen molar-refractivity contribution >= 4 is 5.84 Å². The molecule has 1 aromatic rings. The Bertz CT molecular complexity index is 456. The highest BCUT2D eigenvalue weighted by molar-refractivity contribution is 5.97. The second kappa shape index (κ2) is 5.95. The number of alkyl halides is 3. The van der Waals surface area contributed by atoms with Gasteiger partial charge < -0.3 is 10.5 Å². The van der Waals surface area contributed by atoms with Gasteiger partial charge in [0.1, 0.15) is 11.6 Å². The molecule has 1 rings (SSSR count). The Morgan fingerprint density at radius 1 is 1.37 bits per heavy atom. The molecule has 0 unspecified atom stereocenters. The topological polar surface area (TPSA) is 59.1 Å². The lowest BCUT2D eigenvalue weighted by atomic mass is 10.1. The van der Waals surface area contributed by atoms with Gasteiger partial charge in [-0.15, -0.1) is 0 Å². The third-order valence-electron chi connectivity index (χ3n) is 2.55. The van der Waals surface area contributed by atoms with Crippen LogP contribution in [0, 0.1) is 11.3 Å². The van der Waals surface area contributed by atoms with E-state index in [0.29, 0.717) is 12.5 Å². The SMILES string of the molecule is CC(C)CCOc1ccc(C(F)(F)F)cc1C(=N)N. The first-order valence-corrected chi connectivity index (χ1v) is 5.90. The van der Waals surface area contributed by atoms with Crippen LogP contribution in [0.15, 0.2) is 18.2 Å². The molecular weight excluding hydrogens is 257 g/mol. The Labute approximate surface area is 110 Å². The van der Waals surface area contributed by atoms with Gasteiger partial charge in [0.15, 0.2) is 0 Å². The van der Waals surface area contributed by atoms with Crippen molar-refractivity contribution in [3.05, 3.63) is 29.3 Å². The van der Waals surface area contributed by atoms with Crippen molar-refractivity contribution in [1.29, 1.82) is 5.41 Å². The van der Waals surface area contributed by atoms with Crippen LogP contribution in [0.2, 0.25) is 0 Å². The fourth-order valence-electron chi connectivity index (χ4n) is 1.45. The number of benzene rings is 1. The second-order valence-electron chi connectivity index (χ2n) is 4.65. The molecular formula is C13H17F3N2O. The summed E-state index contributed by atoms with van der Waals surface area (Å²) in [5, 5.41) is 7.33. The van der Waals surface area contributed by atoms with E-state index in [4.69, 9.17) is 15.9 Å². The number of halogens is 3. The van der Waals surface area contributed by atoms with Gasteiger partial charge in [0.25, 0.3) is 0 Å². The summed E-state index contributed by atoms with van der Waals surface area (Å²) >= 11 is 0. The second-order valence-corrected chi connectivity index (χ2v) is 4.65. The minimum atomic E-state index is -4.46. The monoisotopic (exact) mass is 274 g/mol. The molecule has 0 radical (unpaired) electrons. The van der Waals surface area contributed by atoms with Gasteiger partial charge in [-0.3, -0.25) is 5.41 Å². The molecule has 0 saturated carbocycles. The predicted molar refractivity (Wildman–Crippen MR) is 67.4 cm³/mol. The van der Waals surface area contributed by atoms with Gasteiger partial charge in [-0.05, 0) is 30.5 Å². The zero-order chi connectivity index (χ0) is 14.6. The molecule has 19 heavy (non-hydrogen) atoms. The van der Waals surface area contributed by atoms with Crippen LogP contribution in [-0.2, 0) is 6.18 Å². The molecule has 6 heteroatoms. The van der Waals surface area contributed by atoms with Crippen molar-refractivity contribution in [1.82, 2.24) is 0 Å². The molecule has 0 heterocycles. The zero-order valence-electron chi connectivity index (χ0n) is 10.8. The van der Waals surface area contributed by atoms with Crippen LogP contribution >= 0.6 is 0 Å². The summed E-state index contributed by atoms with van der Waals surface area (Å²) in [6.07, 6.45) is -3.68. The summed E-state index contributed by atoms with van der Waals surface area (Å²) in [7, 11) is 0. The molecule has 3 N–H and O–H groups in total. The minimum Gasteiger partial charge on any atom is -0.493 e. The van der Waals surface area contributed by atoms with E-state index in [-0.39, 0.29) is 11.3 Å². The van der Waals surface area contributed by atoms with Gasteiger partial charge in [-0.2, -0.15) is 13.2 Å². The van der Waals surface area contributed by atoms with Gasteiger partial charge in [-0.25, -0.2) is 0 Å². The van der Waals surface area contributed by atoms with Crippen LogP contribution in [0.25, 0.3) is 0 Å². The molecule has 0 aliphatic heterocycles. The molecule has 0 amide bonds. The van der Waals surface area contributed by atoms with Crippen LogP contribution < -0.4 is 10.5 Å². The maximum atomic E-state index is 12.6. The summed E-state index contributed by atoms with van der Waals surface area (Å²) in [5.41, 5.74) is 4.43. The Morgan fingerprint density at radius 2 is 2.00 bits per heavy atom. The van der Waals surface area contributed by atoms with E-state index in [1.54, 1.807) is 0 Å². The maximum absolute atomic E-state index is 12.6. The third kappa shape index (κ3) is 4.46. The van der Waals surface area contributed by atoms with Crippen LogP contribution in [0.1, 0.15) is 31.4 Å². The summed E-state index contributed by atoms with van der Waals surface area (Å²) < 4.78 is 43.1. The summed E-state index contributed by atoms with van der Waals surface area (Å²) in [6, 6.07) is 2.98. The van der Waals surface area contributed by atoms with Gasteiger partial charge in [0.2, 0.25) is 0 Å². The molecule has 0 saturated heterocycles. The predicted octanol–water partition coefficient (Wildman–Crippen LogP) is 3.41. The Kier molecular flexibility index (Phi) is 4.80. The highest BCUT2D eigenvalue weighted by Crippen LogP contribution is 2.32. The van der Waals surface area contributed by atoms with Gasteiger partial charge in [-0.1, -0.05) is 13.8 Å². The van der Waals surface area contributed by atoms with Gasteiger partial charge >= 0.3 is 6.18 Å². The molecule has 1 aromatic carbocycles. The van der Waals surface area contributed by atoms with E-state index in [0.717, 1.165) is 18.6 Å². The van der Waals surface area contributed by atoms with Crippen LogP contribution in [0.4, 0.5) is 13.2 Å². The summed E-state index contributed by atoms with van der Waals surface area (Å²) in [4.78, 5) is 0. The Balaban J connectivity index is 2.96. The molecule has 0 bridgehead atoms. The Hall–Kier alpha value is -1.72. The third-order valence-corrected chi connectivity index (χ3v) is 2.55. The quantitative estimate of drug-likeness (QED) is 0.638. The minimum absolute atomic E-state index is 0.0291. The van der Waals surface area contributed by atoms with E-state index < -0.39 is 17.6 Å². The standard InChI is InChI=1S/C13H17F3N2O/c1-8(2)5-6-19-11-4-3-9(13(14,15)16)7-10(11)12(17)18/h3-4,7-8H,5-6H2,1-2H3,(H3,17,18). The molecule has 0 atom stereocenters. The number of amidine groups is 1. The number of rotatable bonds is 5. The lowest BCUT2D eigenvalue weighted by Gasteiger charge is -2.14. The first kappa shape index (κ1) is 15.3. The van der Waals surface area contributed by atoms with Crippen LogP contribution in [0.3, 0.4) is 0 Å². The van der Waals surface area contributed by atoms with Gasteiger partial charge in [0.05, 0.1) is 17.7 Å². The first-order valence-electron chi connectivity index (χ1n) is 5.90. The normalized spacial score (nSPS) is 11.7. The van der Waals surface area contributed by atoms with E-state index in [1.807, 2.05) is 13.8 Å². The first-order chi connectivity index (χ1) is 8.71. The average molecular weight is 274 g/mol. The largest absolute Gasteiger partial charge is 0.493 e. The lowest BCUT2D eigenvalue weighted by Crippen LogP contribution is -2.16. The maximum Gasteiger partial charge on any atom is 0.416 e. The molecule has 0 aromatic heterocycles. The average Bonchev–Trinajstić information content (AvgIpc) is 2.27. The molecule has 0 spiro atoms. The fraction of sp³-hybridized carbons (Fsp3) is 0.462. The molecule has 0 fully saturated rings. The number of nitrogens with one attached hydrogen (secondary N) is 1. The van der Waals surface area contributed by atoms with E-state index >= 15 is 0 Å². The smallest absolute Gasteiger partial charge is 0.416 e. The van der Waals surface area contributed by atoms with Crippen molar-refractivity contribution in [2.75, 3.05) is 6.61 Å². The fourth-order valence-corrected chi connectivity index (χ4v) is 1.45. The molecule has 0 aliphatic carbocycles. The van der Waals surface area contributed by atoms with Crippen molar-refractivity contribution in [3.8, 4) is 5.75 Å². The van der Waals surface area contributed by atoms with E-state index in [2.05, 4.69) is 0 Å². The molecule has 3 nitrogen and oxygen atoms in total. The molecule has 0 aliphatic rings. The number of hydrogen-bond donors (Lipinski definition) is 2. The zero-order valence-corrected chi connectivity index (χ0v) is 10.8. The Morgan fingerprint density at radius 3 is 2.47 bits per heavy atom. The van der Waals surface area contributed by atoms with Crippen molar-refractivity contribution < 1.29 is 17.9 Å². The summed E-state index contributed by atoms with van der Waals surface area (Å²) in [5.74, 6) is 0.196. The van der Waals surface area contributed by atoms with Crippen molar-refractivity contribution in [2.24, 2.45) is 11.7 Å². The highest BCUT2D eigenvalue weighted by atomic mass is 19.4. The van der Waals surface area contributed by atoms with Crippen molar-refractivity contribution in [3.63, 3.8) is 0 Å². The summed E-state index contributed by atoms with van der Waals surface area (Å²) in [6.45, 7) is 4.41. The number of hydrogen-bond acceptors (Lipinski definition) is 2. The number of nitrogen functional groups attached to an aromatic ring is 1. The van der Waals surface area contributed by atoms with E-state index in [9.17, 15) is 13.2 Å². The number of nitrogens with two attached hydrogens (primary N) is 1. The van der Waals surface area contributed by atoms with Crippen LogP contribution in [0.5, 0.6) is 5.75 Å². The van der Waals surface area contributed by atoms with Crippen molar-refractivity contribution in [2.45, 2.75) is 26.4 Å². The highest BCUT2D eigenvalue weighted by Gasteiger charge is 2.31.